The van der Waals surface area contributed by atoms with E-state index in [1.54, 1.807) is 29.2 Å². The number of amides is 3. The van der Waals surface area contributed by atoms with Crippen molar-refractivity contribution in [3.05, 3.63) is 35.4 Å². The Hall–Kier alpha value is -1.92. The number of carbonyl (C=O) groups excluding carboxylic acids is 3. The van der Waals surface area contributed by atoms with Crippen molar-refractivity contribution in [1.82, 2.24) is 9.80 Å². The van der Waals surface area contributed by atoms with Gasteiger partial charge in [-0.05, 0) is 24.0 Å². The number of nitrogens with zero attached hydrogens (tertiary/aromatic N) is 2. The summed E-state index contributed by atoms with van der Waals surface area (Å²) in [7, 11) is 0. The predicted molar refractivity (Wildman–Crippen MR) is 92.0 cm³/mol. The lowest BCUT2D eigenvalue weighted by Gasteiger charge is -2.42. The van der Waals surface area contributed by atoms with Gasteiger partial charge >= 0.3 is 0 Å². The second-order valence-electron chi connectivity index (χ2n) is 6.94. The minimum absolute atomic E-state index is 0. The second kappa shape index (κ2) is 6.53. The zero-order chi connectivity index (χ0) is 16.8. The Morgan fingerprint density at radius 1 is 1.21 bits per heavy atom. The van der Waals surface area contributed by atoms with Crippen molar-refractivity contribution < 1.29 is 14.4 Å². The van der Waals surface area contributed by atoms with Crippen LogP contribution in [0.5, 0.6) is 0 Å². The van der Waals surface area contributed by atoms with E-state index in [0.717, 1.165) is 11.3 Å². The summed E-state index contributed by atoms with van der Waals surface area (Å²) >= 11 is 0. The fourth-order valence-electron chi connectivity index (χ4n) is 3.20. The van der Waals surface area contributed by atoms with E-state index < -0.39 is 11.8 Å². The quantitative estimate of drug-likeness (QED) is 0.814. The molecule has 0 spiro atoms. The third-order valence-electron chi connectivity index (χ3n) is 4.84. The summed E-state index contributed by atoms with van der Waals surface area (Å²) in [5.41, 5.74) is 6.65. The first-order chi connectivity index (χ1) is 10.8. The molecule has 0 radical (unpaired) electrons. The molecule has 1 unspecified atom stereocenters. The number of halogens is 1. The molecule has 6 nitrogen and oxygen atoms in total. The number of piperidine rings is 1. The predicted octanol–water partition coefficient (Wildman–Crippen LogP) is 1.29. The fourth-order valence-corrected chi connectivity index (χ4v) is 3.20. The highest BCUT2D eigenvalue weighted by Crippen LogP contribution is 2.28. The van der Waals surface area contributed by atoms with Crippen LogP contribution in [0.3, 0.4) is 0 Å². The van der Waals surface area contributed by atoms with Gasteiger partial charge in [0.2, 0.25) is 5.91 Å². The van der Waals surface area contributed by atoms with Crippen molar-refractivity contribution >= 4 is 30.1 Å². The van der Waals surface area contributed by atoms with Gasteiger partial charge in [-0.25, -0.2) is 0 Å². The molecule has 1 aromatic carbocycles. The Labute approximate surface area is 147 Å². The molecule has 0 aromatic heterocycles. The first-order valence-electron chi connectivity index (χ1n) is 7.80. The van der Waals surface area contributed by atoms with Crippen LogP contribution in [-0.2, 0) is 4.79 Å². The number of carbonyl (C=O) groups is 3. The molecule has 1 saturated heterocycles. The maximum Gasteiger partial charge on any atom is 0.262 e. The Kier molecular flexibility index (Phi) is 5.01. The van der Waals surface area contributed by atoms with E-state index in [1.165, 1.54) is 0 Å². The molecular formula is C17H22ClN3O3. The number of hydrogen-bond acceptors (Lipinski definition) is 4. The Morgan fingerprint density at radius 3 is 2.25 bits per heavy atom. The van der Waals surface area contributed by atoms with Gasteiger partial charge in [0.1, 0.15) is 6.54 Å². The molecule has 24 heavy (non-hydrogen) atoms. The average molecular weight is 352 g/mol. The number of rotatable bonds is 2. The summed E-state index contributed by atoms with van der Waals surface area (Å²) in [5, 5.41) is 0. The maximum absolute atomic E-state index is 12.5. The van der Waals surface area contributed by atoms with Crippen LogP contribution in [0.1, 0.15) is 41.0 Å². The van der Waals surface area contributed by atoms with Gasteiger partial charge < -0.3 is 10.6 Å². The van der Waals surface area contributed by atoms with Crippen LogP contribution in [0.15, 0.2) is 24.3 Å². The fraction of sp³-hybridized carbons (Fsp3) is 0.471. The van der Waals surface area contributed by atoms with Crippen molar-refractivity contribution in [1.29, 1.82) is 0 Å². The van der Waals surface area contributed by atoms with E-state index in [-0.39, 0.29) is 36.3 Å². The lowest BCUT2D eigenvalue weighted by molar-refractivity contribution is -0.134. The van der Waals surface area contributed by atoms with E-state index >= 15 is 0 Å². The van der Waals surface area contributed by atoms with Crippen LogP contribution < -0.4 is 5.73 Å². The lowest BCUT2D eigenvalue weighted by atomic mass is 9.79. The molecule has 1 fully saturated rings. The van der Waals surface area contributed by atoms with E-state index in [4.69, 9.17) is 5.73 Å². The van der Waals surface area contributed by atoms with Crippen molar-refractivity contribution in [2.45, 2.75) is 26.3 Å². The van der Waals surface area contributed by atoms with Crippen LogP contribution in [0, 0.1) is 5.41 Å². The Morgan fingerprint density at radius 2 is 1.75 bits per heavy atom. The van der Waals surface area contributed by atoms with Crippen LogP contribution in [0.4, 0.5) is 0 Å². The molecule has 2 aliphatic heterocycles. The molecule has 2 aliphatic rings. The molecule has 7 heteroatoms. The number of imide groups is 1. The van der Waals surface area contributed by atoms with E-state index in [9.17, 15) is 14.4 Å². The van der Waals surface area contributed by atoms with Gasteiger partial charge in [-0.1, -0.05) is 26.0 Å². The van der Waals surface area contributed by atoms with Gasteiger partial charge in [0.25, 0.3) is 11.8 Å². The second-order valence-corrected chi connectivity index (χ2v) is 6.94. The van der Waals surface area contributed by atoms with E-state index in [0.29, 0.717) is 24.2 Å². The van der Waals surface area contributed by atoms with Gasteiger partial charge in [0.05, 0.1) is 11.1 Å². The summed E-state index contributed by atoms with van der Waals surface area (Å²) in [6.07, 6.45) is 0.723. The first-order valence-corrected chi connectivity index (χ1v) is 7.80. The van der Waals surface area contributed by atoms with E-state index in [1.807, 2.05) is 13.8 Å². The minimum atomic E-state index is -0.396. The van der Waals surface area contributed by atoms with Gasteiger partial charge in [-0.3, -0.25) is 19.3 Å². The highest BCUT2D eigenvalue weighted by atomic mass is 35.5. The molecule has 2 N–H and O–H groups in total. The minimum Gasteiger partial charge on any atom is -0.340 e. The van der Waals surface area contributed by atoms with E-state index in [2.05, 4.69) is 0 Å². The van der Waals surface area contributed by atoms with Crippen LogP contribution in [0.25, 0.3) is 0 Å². The SMILES string of the molecule is CC1(C)CN(C(=O)CN2C(=O)c3ccccc3C2=O)CCC1N.Cl. The third-order valence-corrected chi connectivity index (χ3v) is 4.84. The molecule has 1 atom stereocenters. The summed E-state index contributed by atoms with van der Waals surface area (Å²) in [4.78, 5) is 39.9. The zero-order valence-electron chi connectivity index (χ0n) is 13.8. The van der Waals surface area contributed by atoms with Crippen molar-refractivity contribution in [2.75, 3.05) is 19.6 Å². The van der Waals surface area contributed by atoms with Crippen LogP contribution >= 0.6 is 12.4 Å². The lowest BCUT2D eigenvalue weighted by Crippen LogP contribution is -2.55. The highest BCUT2D eigenvalue weighted by Gasteiger charge is 2.39. The van der Waals surface area contributed by atoms with Crippen LogP contribution in [0.2, 0.25) is 0 Å². The Balaban J connectivity index is 0.00000208. The number of nitrogens with two attached hydrogens (primary N) is 1. The molecule has 3 rings (SSSR count). The summed E-state index contributed by atoms with van der Waals surface area (Å²) in [6.45, 7) is 4.94. The summed E-state index contributed by atoms with van der Waals surface area (Å²) < 4.78 is 0. The molecule has 3 amide bonds. The summed E-state index contributed by atoms with van der Waals surface area (Å²) in [5.74, 6) is -1.00. The standard InChI is InChI=1S/C17H21N3O3.ClH/c1-17(2)10-19(8-7-13(17)18)14(21)9-20-15(22)11-5-3-4-6-12(11)16(20)23;/h3-6,13H,7-10,18H2,1-2H3;1H. The maximum atomic E-state index is 12.5. The number of likely N-dealkylation sites (tertiary alicyclic amines) is 1. The molecule has 0 bridgehead atoms. The smallest absolute Gasteiger partial charge is 0.262 e. The largest absolute Gasteiger partial charge is 0.340 e. The molecule has 0 aliphatic carbocycles. The van der Waals surface area contributed by atoms with Gasteiger partial charge in [-0.15, -0.1) is 12.4 Å². The summed E-state index contributed by atoms with van der Waals surface area (Å²) in [6, 6.07) is 6.70. The topological polar surface area (TPSA) is 83.7 Å². The molecular weight excluding hydrogens is 330 g/mol. The van der Waals surface area contributed by atoms with Crippen molar-refractivity contribution in [2.24, 2.45) is 11.1 Å². The normalized spacial score (nSPS) is 22.2. The Bertz CT molecular complexity index is 654. The first kappa shape index (κ1) is 18.4. The molecule has 1 aromatic rings. The number of hydrogen-bond donors (Lipinski definition) is 1. The molecule has 0 saturated carbocycles. The number of fused-ring (bicyclic) bond motifs is 1. The molecule has 130 valence electrons. The van der Waals surface area contributed by atoms with Gasteiger partial charge in [-0.2, -0.15) is 0 Å². The third kappa shape index (κ3) is 3.03. The monoisotopic (exact) mass is 351 g/mol. The van der Waals surface area contributed by atoms with Crippen molar-refractivity contribution in [3.63, 3.8) is 0 Å². The van der Waals surface area contributed by atoms with Crippen LogP contribution in [-0.4, -0.2) is 53.2 Å². The zero-order valence-corrected chi connectivity index (χ0v) is 14.6. The van der Waals surface area contributed by atoms with Crippen molar-refractivity contribution in [3.8, 4) is 0 Å². The molecule has 2 heterocycles. The van der Waals surface area contributed by atoms with Gasteiger partial charge in [0.15, 0.2) is 0 Å². The average Bonchev–Trinajstić information content (AvgIpc) is 2.75. The number of benzene rings is 1. The van der Waals surface area contributed by atoms with Gasteiger partial charge in [0, 0.05) is 19.1 Å². The highest BCUT2D eigenvalue weighted by molar-refractivity contribution is 6.22.